The van der Waals surface area contributed by atoms with E-state index in [0.717, 1.165) is 11.3 Å². The Morgan fingerprint density at radius 2 is 2.00 bits per heavy atom. The quantitative estimate of drug-likeness (QED) is 0.885. The lowest BCUT2D eigenvalue weighted by Crippen LogP contribution is -2.30. The van der Waals surface area contributed by atoms with Gasteiger partial charge < -0.3 is 11.1 Å². The maximum atomic E-state index is 13.0. The molecule has 100 valence electrons. The number of halogens is 1. The lowest BCUT2D eigenvalue weighted by atomic mass is 10.0. The monoisotopic (exact) mass is 260 g/mol. The first-order valence-corrected chi connectivity index (χ1v) is 6.15. The smallest absolute Gasteiger partial charge is 0.141 e. The van der Waals surface area contributed by atoms with Crippen LogP contribution in [-0.4, -0.2) is 16.0 Å². The summed E-state index contributed by atoms with van der Waals surface area (Å²) in [5.74, 6) is -0.355. The van der Waals surface area contributed by atoms with Crippen molar-refractivity contribution in [2.75, 3.05) is 5.73 Å². The molecule has 0 aromatic carbocycles. The number of anilines is 1. The molecule has 0 amide bonds. The fourth-order valence-electron chi connectivity index (χ4n) is 1.88. The van der Waals surface area contributed by atoms with Gasteiger partial charge in [0.1, 0.15) is 5.82 Å². The Morgan fingerprint density at radius 3 is 2.58 bits per heavy atom. The molecule has 0 aliphatic heterocycles. The molecular formula is C14H17FN4. The normalized spacial score (nSPS) is 12.6. The second kappa shape index (κ2) is 5.75. The van der Waals surface area contributed by atoms with E-state index in [9.17, 15) is 4.39 Å². The lowest BCUT2D eigenvalue weighted by molar-refractivity contribution is 0.517. The van der Waals surface area contributed by atoms with Crippen molar-refractivity contribution >= 4 is 5.69 Å². The minimum atomic E-state index is -0.355. The standard InChI is InChI=1S/C14H17FN4/c1-9(2)19-14(11-8-17-6-5-12(11)16)13-4-3-10(15)7-18-13/h3-9,14,19H,1-2H3,(H2,16,17). The lowest BCUT2D eigenvalue weighted by Gasteiger charge is -2.22. The third kappa shape index (κ3) is 3.26. The van der Waals surface area contributed by atoms with E-state index < -0.39 is 0 Å². The zero-order chi connectivity index (χ0) is 13.8. The molecule has 0 radical (unpaired) electrons. The van der Waals surface area contributed by atoms with Gasteiger partial charge in [-0.25, -0.2) is 4.39 Å². The van der Waals surface area contributed by atoms with Crippen LogP contribution in [0.4, 0.5) is 10.1 Å². The molecule has 0 bridgehead atoms. The summed E-state index contributed by atoms with van der Waals surface area (Å²) in [4.78, 5) is 8.22. The van der Waals surface area contributed by atoms with E-state index in [1.807, 2.05) is 13.8 Å². The van der Waals surface area contributed by atoms with Crippen molar-refractivity contribution in [3.63, 3.8) is 0 Å². The highest BCUT2D eigenvalue weighted by atomic mass is 19.1. The zero-order valence-electron chi connectivity index (χ0n) is 11.0. The number of hydrogen-bond donors (Lipinski definition) is 2. The summed E-state index contributed by atoms with van der Waals surface area (Å²) in [6, 6.07) is 4.82. The van der Waals surface area contributed by atoms with E-state index >= 15 is 0 Å². The van der Waals surface area contributed by atoms with Crippen LogP contribution in [0.2, 0.25) is 0 Å². The van der Waals surface area contributed by atoms with E-state index in [1.165, 1.54) is 12.3 Å². The Kier molecular flexibility index (Phi) is 4.06. The van der Waals surface area contributed by atoms with Crippen LogP contribution >= 0.6 is 0 Å². The minimum Gasteiger partial charge on any atom is -0.398 e. The summed E-state index contributed by atoms with van der Waals surface area (Å²) in [6.45, 7) is 4.06. The SMILES string of the molecule is CC(C)NC(c1ccc(F)cn1)c1cnccc1N. The topological polar surface area (TPSA) is 63.8 Å². The molecule has 1 unspecified atom stereocenters. The van der Waals surface area contributed by atoms with Crippen molar-refractivity contribution in [3.05, 3.63) is 53.9 Å². The van der Waals surface area contributed by atoms with Crippen LogP contribution in [0.15, 0.2) is 36.8 Å². The number of pyridine rings is 2. The van der Waals surface area contributed by atoms with Gasteiger partial charge in [0.15, 0.2) is 0 Å². The third-order valence-electron chi connectivity index (χ3n) is 2.74. The molecule has 1 atom stereocenters. The molecule has 4 nitrogen and oxygen atoms in total. The van der Waals surface area contributed by atoms with Crippen LogP contribution in [0.25, 0.3) is 0 Å². The molecule has 0 saturated heterocycles. The van der Waals surface area contributed by atoms with Gasteiger partial charge in [-0.3, -0.25) is 9.97 Å². The van der Waals surface area contributed by atoms with Gasteiger partial charge in [0.25, 0.3) is 0 Å². The summed E-state index contributed by atoms with van der Waals surface area (Å²) in [5.41, 5.74) is 8.18. The molecular weight excluding hydrogens is 243 g/mol. The Balaban J connectivity index is 2.41. The van der Waals surface area contributed by atoms with E-state index in [2.05, 4.69) is 15.3 Å². The summed E-state index contributed by atoms with van der Waals surface area (Å²) in [6.07, 6.45) is 4.56. The number of nitrogens with zero attached hydrogens (tertiary/aromatic N) is 2. The van der Waals surface area contributed by atoms with E-state index in [-0.39, 0.29) is 17.9 Å². The Hall–Kier alpha value is -2.01. The molecule has 0 aliphatic carbocycles. The highest BCUT2D eigenvalue weighted by Crippen LogP contribution is 2.25. The van der Waals surface area contributed by atoms with Crippen LogP contribution in [0.1, 0.15) is 31.1 Å². The molecule has 2 rings (SSSR count). The maximum absolute atomic E-state index is 13.0. The Labute approximate surface area is 111 Å². The first-order valence-electron chi connectivity index (χ1n) is 6.15. The second-order valence-corrected chi connectivity index (χ2v) is 4.66. The first kappa shape index (κ1) is 13.4. The molecule has 19 heavy (non-hydrogen) atoms. The largest absolute Gasteiger partial charge is 0.398 e. The summed E-state index contributed by atoms with van der Waals surface area (Å²) in [5, 5.41) is 3.37. The first-order chi connectivity index (χ1) is 9.08. The summed E-state index contributed by atoms with van der Waals surface area (Å²) >= 11 is 0. The van der Waals surface area contributed by atoms with Gasteiger partial charge >= 0.3 is 0 Å². The van der Waals surface area contributed by atoms with Gasteiger partial charge in [0, 0.05) is 29.7 Å². The molecule has 0 aliphatic rings. The molecule has 0 saturated carbocycles. The van der Waals surface area contributed by atoms with Crippen LogP contribution in [-0.2, 0) is 0 Å². The number of nitrogen functional groups attached to an aromatic ring is 1. The minimum absolute atomic E-state index is 0.200. The molecule has 5 heteroatoms. The van der Waals surface area contributed by atoms with E-state index in [0.29, 0.717) is 5.69 Å². The van der Waals surface area contributed by atoms with Crippen molar-refractivity contribution in [3.8, 4) is 0 Å². The van der Waals surface area contributed by atoms with Crippen molar-refractivity contribution in [2.45, 2.75) is 25.9 Å². The molecule has 0 fully saturated rings. The van der Waals surface area contributed by atoms with Gasteiger partial charge in [0.05, 0.1) is 17.9 Å². The second-order valence-electron chi connectivity index (χ2n) is 4.66. The van der Waals surface area contributed by atoms with Crippen molar-refractivity contribution in [1.29, 1.82) is 0 Å². The van der Waals surface area contributed by atoms with Gasteiger partial charge in [0.2, 0.25) is 0 Å². The van der Waals surface area contributed by atoms with Gasteiger partial charge in [-0.1, -0.05) is 0 Å². The average molecular weight is 260 g/mol. The molecule has 2 heterocycles. The summed E-state index contributed by atoms with van der Waals surface area (Å²) in [7, 11) is 0. The fourth-order valence-corrected chi connectivity index (χ4v) is 1.88. The highest BCUT2D eigenvalue weighted by molar-refractivity contribution is 5.48. The van der Waals surface area contributed by atoms with Crippen LogP contribution in [0.3, 0.4) is 0 Å². The summed E-state index contributed by atoms with van der Waals surface area (Å²) < 4.78 is 13.0. The number of nitrogens with one attached hydrogen (secondary N) is 1. The van der Waals surface area contributed by atoms with E-state index in [4.69, 9.17) is 5.73 Å². The predicted molar refractivity (Wildman–Crippen MR) is 73.0 cm³/mol. The number of aromatic nitrogens is 2. The third-order valence-corrected chi connectivity index (χ3v) is 2.74. The Bertz CT molecular complexity index is 539. The zero-order valence-corrected chi connectivity index (χ0v) is 11.0. The number of rotatable bonds is 4. The molecule has 2 aromatic rings. The van der Waals surface area contributed by atoms with Gasteiger partial charge in [-0.15, -0.1) is 0 Å². The average Bonchev–Trinajstić information content (AvgIpc) is 2.38. The molecule has 0 spiro atoms. The van der Waals surface area contributed by atoms with E-state index in [1.54, 1.807) is 24.5 Å². The maximum Gasteiger partial charge on any atom is 0.141 e. The van der Waals surface area contributed by atoms with Gasteiger partial charge in [-0.05, 0) is 32.0 Å². The predicted octanol–water partition coefficient (Wildman–Crippen LogP) is 2.29. The van der Waals surface area contributed by atoms with Crippen LogP contribution in [0, 0.1) is 5.82 Å². The van der Waals surface area contributed by atoms with Crippen molar-refractivity contribution in [1.82, 2.24) is 15.3 Å². The Morgan fingerprint density at radius 1 is 1.21 bits per heavy atom. The van der Waals surface area contributed by atoms with Crippen molar-refractivity contribution < 1.29 is 4.39 Å². The molecule has 2 aromatic heterocycles. The highest BCUT2D eigenvalue weighted by Gasteiger charge is 2.19. The van der Waals surface area contributed by atoms with Crippen LogP contribution in [0.5, 0.6) is 0 Å². The fraction of sp³-hybridized carbons (Fsp3) is 0.286. The van der Waals surface area contributed by atoms with Crippen LogP contribution < -0.4 is 11.1 Å². The van der Waals surface area contributed by atoms with Gasteiger partial charge in [-0.2, -0.15) is 0 Å². The van der Waals surface area contributed by atoms with Crippen molar-refractivity contribution in [2.24, 2.45) is 0 Å². The molecule has 3 N–H and O–H groups in total. The number of nitrogens with two attached hydrogens (primary N) is 1. The number of hydrogen-bond acceptors (Lipinski definition) is 4.